The van der Waals surface area contributed by atoms with Gasteiger partial charge >= 0.3 is 0 Å². The number of allylic oxidation sites excluding steroid dienone is 1. The molecular formula is C17H23N5. The number of anilines is 1. The van der Waals surface area contributed by atoms with Gasteiger partial charge in [0.15, 0.2) is 0 Å². The van der Waals surface area contributed by atoms with Gasteiger partial charge < -0.3 is 4.57 Å². The van der Waals surface area contributed by atoms with Gasteiger partial charge in [0.1, 0.15) is 17.3 Å². The topological polar surface area (TPSA) is 60.0 Å². The second-order valence-corrected chi connectivity index (χ2v) is 6.65. The van der Waals surface area contributed by atoms with Gasteiger partial charge in [0, 0.05) is 30.1 Å². The fraction of sp³-hybridized carbons (Fsp3) is 0.529. The number of hydrogen-bond acceptors (Lipinski definition) is 4. The van der Waals surface area contributed by atoms with Crippen LogP contribution in [-0.4, -0.2) is 14.5 Å². The monoisotopic (exact) mass is 297 g/mol. The van der Waals surface area contributed by atoms with Crippen LogP contribution >= 0.6 is 0 Å². The summed E-state index contributed by atoms with van der Waals surface area (Å²) >= 11 is 0. The quantitative estimate of drug-likeness (QED) is 0.821. The number of nitrogens with two attached hydrogens (primary N) is 1. The minimum atomic E-state index is 0.0989. The maximum Gasteiger partial charge on any atom is 0.145 e. The molecule has 2 aliphatic rings. The molecule has 0 saturated heterocycles. The van der Waals surface area contributed by atoms with Crippen molar-refractivity contribution in [1.82, 2.24) is 14.5 Å². The maximum atomic E-state index is 6.28. The molecule has 3 heterocycles. The SMILES string of the molecule is C=C1CC2(CCCCC2)n2c(cc3cnc(CC)nc32)N1N. The third kappa shape index (κ3) is 1.81. The van der Waals surface area contributed by atoms with Crippen molar-refractivity contribution in [1.29, 1.82) is 0 Å². The molecule has 1 aliphatic carbocycles. The molecular weight excluding hydrogens is 274 g/mol. The van der Waals surface area contributed by atoms with E-state index in [1.807, 2.05) is 6.20 Å². The van der Waals surface area contributed by atoms with Gasteiger partial charge in [-0.25, -0.2) is 15.8 Å². The molecule has 0 amide bonds. The van der Waals surface area contributed by atoms with Crippen LogP contribution in [0.5, 0.6) is 0 Å². The third-order valence-corrected chi connectivity index (χ3v) is 5.27. The van der Waals surface area contributed by atoms with Crippen molar-refractivity contribution in [3.8, 4) is 0 Å². The number of hydrogen-bond donors (Lipinski definition) is 1. The highest BCUT2D eigenvalue weighted by Gasteiger charge is 2.42. The third-order valence-electron chi connectivity index (χ3n) is 5.27. The largest absolute Gasteiger partial charge is 0.304 e. The van der Waals surface area contributed by atoms with Crippen molar-refractivity contribution in [2.45, 2.75) is 57.4 Å². The van der Waals surface area contributed by atoms with E-state index < -0.39 is 0 Å². The van der Waals surface area contributed by atoms with E-state index in [4.69, 9.17) is 10.8 Å². The van der Waals surface area contributed by atoms with Crippen LogP contribution < -0.4 is 10.9 Å². The van der Waals surface area contributed by atoms with Gasteiger partial charge in [0.2, 0.25) is 0 Å². The van der Waals surface area contributed by atoms with Gasteiger partial charge in [-0.2, -0.15) is 0 Å². The first-order chi connectivity index (χ1) is 10.6. The summed E-state index contributed by atoms with van der Waals surface area (Å²) in [6.07, 6.45) is 9.92. The van der Waals surface area contributed by atoms with Crippen LogP contribution in [0.15, 0.2) is 24.5 Å². The van der Waals surface area contributed by atoms with Gasteiger partial charge in [-0.3, -0.25) is 5.01 Å². The zero-order valence-corrected chi connectivity index (χ0v) is 13.2. The van der Waals surface area contributed by atoms with Crippen molar-refractivity contribution in [3.05, 3.63) is 30.4 Å². The maximum absolute atomic E-state index is 6.28. The summed E-state index contributed by atoms with van der Waals surface area (Å²) in [5, 5.41) is 2.80. The fourth-order valence-corrected chi connectivity index (χ4v) is 4.14. The Kier molecular flexibility index (Phi) is 3.01. The average molecular weight is 297 g/mol. The van der Waals surface area contributed by atoms with E-state index in [0.29, 0.717) is 0 Å². The molecule has 0 radical (unpaired) electrons. The van der Waals surface area contributed by atoms with E-state index in [1.165, 1.54) is 32.1 Å². The van der Waals surface area contributed by atoms with Crippen molar-refractivity contribution < 1.29 is 0 Å². The van der Waals surface area contributed by atoms with E-state index in [2.05, 4.69) is 29.1 Å². The normalized spacial score (nSPS) is 20.6. The molecule has 0 unspecified atom stereocenters. The molecule has 0 bridgehead atoms. The summed E-state index contributed by atoms with van der Waals surface area (Å²) in [7, 11) is 0. The summed E-state index contributed by atoms with van der Waals surface area (Å²) in [4.78, 5) is 9.26. The zero-order valence-electron chi connectivity index (χ0n) is 13.2. The number of hydrazine groups is 1. The second kappa shape index (κ2) is 4.81. The van der Waals surface area contributed by atoms with Gasteiger partial charge in [0.05, 0.1) is 5.54 Å². The molecule has 0 aromatic carbocycles. The van der Waals surface area contributed by atoms with E-state index in [0.717, 1.165) is 41.2 Å². The predicted molar refractivity (Wildman–Crippen MR) is 88.4 cm³/mol. The molecule has 2 aromatic rings. The molecule has 22 heavy (non-hydrogen) atoms. The lowest BCUT2D eigenvalue weighted by Gasteiger charge is -2.46. The molecule has 1 aliphatic heterocycles. The first-order valence-corrected chi connectivity index (χ1v) is 8.25. The molecule has 5 heteroatoms. The first kappa shape index (κ1) is 13.8. The minimum Gasteiger partial charge on any atom is -0.304 e. The highest BCUT2D eigenvalue weighted by Crippen LogP contribution is 2.48. The Hall–Kier alpha value is -1.88. The summed E-state index contributed by atoms with van der Waals surface area (Å²) < 4.78 is 2.39. The lowest BCUT2D eigenvalue weighted by Crippen LogP contribution is -2.47. The highest BCUT2D eigenvalue weighted by atomic mass is 15.5. The summed E-state index contributed by atoms with van der Waals surface area (Å²) in [5.41, 5.74) is 2.13. The van der Waals surface area contributed by atoms with Crippen LogP contribution in [0.25, 0.3) is 11.0 Å². The van der Waals surface area contributed by atoms with Gasteiger partial charge in [-0.15, -0.1) is 0 Å². The smallest absolute Gasteiger partial charge is 0.145 e. The lowest BCUT2D eigenvalue weighted by atomic mass is 9.77. The Labute approximate surface area is 130 Å². The van der Waals surface area contributed by atoms with Crippen LogP contribution in [0.1, 0.15) is 51.3 Å². The van der Waals surface area contributed by atoms with E-state index >= 15 is 0 Å². The number of aryl methyl sites for hydroxylation is 1. The second-order valence-electron chi connectivity index (χ2n) is 6.65. The molecule has 1 fully saturated rings. The molecule has 2 aromatic heterocycles. The average Bonchev–Trinajstić information content (AvgIpc) is 2.93. The predicted octanol–water partition coefficient (Wildman–Crippen LogP) is 3.25. The number of nitrogens with zero attached hydrogens (tertiary/aromatic N) is 4. The van der Waals surface area contributed by atoms with Crippen LogP contribution in [0, 0.1) is 0 Å². The molecule has 1 spiro atoms. The van der Waals surface area contributed by atoms with Crippen LogP contribution in [0.2, 0.25) is 0 Å². The van der Waals surface area contributed by atoms with Gasteiger partial charge in [0.25, 0.3) is 0 Å². The Morgan fingerprint density at radius 1 is 1.32 bits per heavy atom. The van der Waals surface area contributed by atoms with Crippen molar-refractivity contribution in [2.24, 2.45) is 5.84 Å². The Morgan fingerprint density at radius 3 is 2.82 bits per heavy atom. The molecule has 0 atom stereocenters. The molecule has 4 rings (SSSR count). The van der Waals surface area contributed by atoms with Crippen LogP contribution in [0.3, 0.4) is 0 Å². The van der Waals surface area contributed by atoms with Gasteiger partial charge in [-0.1, -0.05) is 32.8 Å². The molecule has 1 saturated carbocycles. The Morgan fingerprint density at radius 2 is 2.09 bits per heavy atom. The van der Waals surface area contributed by atoms with Crippen LogP contribution in [0.4, 0.5) is 5.82 Å². The van der Waals surface area contributed by atoms with Crippen molar-refractivity contribution in [3.63, 3.8) is 0 Å². The summed E-state index contributed by atoms with van der Waals surface area (Å²) in [6, 6.07) is 2.11. The van der Waals surface area contributed by atoms with Gasteiger partial charge in [-0.05, 0) is 18.9 Å². The van der Waals surface area contributed by atoms with E-state index in [-0.39, 0.29) is 5.54 Å². The Balaban J connectivity index is 2.00. The lowest BCUT2D eigenvalue weighted by molar-refractivity contribution is 0.188. The standard InChI is InChI=1S/C17H23N5/c1-3-14-19-11-13-9-15-21(16(13)20-14)17(7-5-4-6-8-17)10-12(2)22(15)18/h9,11H,2-8,10,18H2,1H3. The van der Waals surface area contributed by atoms with E-state index in [9.17, 15) is 0 Å². The van der Waals surface area contributed by atoms with E-state index in [1.54, 1.807) is 5.01 Å². The molecule has 116 valence electrons. The fourth-order valence-electron chi connectivity index (χ4n) is 4.14. The first-order valence-electron chi connectivity index (χ1n) is 8.25. The van der Waals surface area contributed by atoms with Crippen molar-refractivity contribution >= 4 is 16.9 Å². The number of aromatic nitrogens is 3. The zero-order chi connectivity index (χ0) is 15.3. The van der Waals surface area contributed by atoms with Crippen LogP contribution in [-0.2, 0) is 12.0 Å². The number of rotatable bonds is 1. The highest BCUT2D eigenvalue weighted by molar-refractivity contribution is 5.83. The molecule has 2 N–H and O–H groups in total. The number of fused-ring (bicyclic) bond motifs is 4. The minimum absolute atomic E-state index is 0.0989. The summed E-state index contributed by atoms with van der Waals surface area (Å²) in [6.45, 7) is 6.29. The van der Waals surface area contributed by atoms with Crippen molar-refractivity contribution in [2.75, 3.05) is 5.01 Å². The Bertz CT molecular complexity index is 739. The summed E-state index contributed by atoms with van der Waals surface area (Å²) in [5.74, 6) is 8.18. The molecule has 5 nitrogen and oxygen atoms in total.